The molecule has 3 aliphatic heterocycles. The number of halogens is 1. The standard InChI is InChI=1S/C21H30FNO3/c22-18-3-1-2-17(14-18)20(5-10-24-11-6-20)16-23-19-4-9-26-21(15-19)7-12-25-13-8-21/h1-3,14,19,23H,4-13,15-16H2. The predicted molar refractivity (Wildman–Crippen MR) is 97.9 cm³/mol. The van der Waals surface area contributed by atoms with Crippen molar-refractivity contribution < 1.29 is 18.6 Å². The molecule has 26 heavy (non-hydrogen) atoms. The molecule has 0 amide bonds. The van der Waals surface area contributed by atoms with Gasteiger partial charge in [0, 0.05) is 51.0 Å². The van der Waals surface area contributed by atoms with E-state index in [1.165, 1.54) is 6.07 Å². The number of hydrogen-bond acceptors (Lipinski definition) is 4. The molecule has 4 nitrogen and oxygen atoms in total. The van der Waals surface area contributed by atoms with Gasteiger partial charge in [0.25, 0.3) is 0 Å². The molecule has 0 bridgehead atoms. The van der Waals surface area contributed by atoms with Crippen LogP contribution in [0.1, 0.15) is 44.1 Å². The largest absolute Gasteiger partial charge is 0.381 e. The zero-order chi connectivity index (χ0) is 17.9. The van der Waals surface area contributed by atoms with Crippen LogP contribution in [0.2, 0.25) is 0 Å². The summed E-state index contributed by atoms with van der Waals surface area (Å²) >= 11 is 0. The number of benzene rings is 1. The zero-order valence-corrected chi connectivity index (χ0v) is 15.5. The molecular formula is C21H30FNO3. The fourth-order valence-electron chi connectivity index (χ4n) is 4.78. The minimum Gasteiger partial charge on any atom is -0.381 e. The Bertz CT molecular complexity index is 591. The highest BCUT2D eigenvalue weighted by Crippen LogP contribution is 2.37. The Morgan fingerprint density at radius 1 is 1.00 bits per heavy atom. The SMILES string of the molecule is Fc1cccc(C2(CNC3CCOC4(CCOCC4)C3)CCOCC2)c1. The maximum Gasteiger partial charge on any atom is 0.123 e. The van der Waals surface area contributed by atoms with Crippen LogP contribution in [0, 0.1) is 5.82 Å². The van der Waals surface area contributed by atoms with Crippen molar-refractivity contribution in [3.63, 3.8) is 0 Å². The number of nitrogens with one attached hydrogen (secondary N) is 1. The Labute approximate surface area is 155 Å². The fourth-order valence-corrected chi connectivity index (χ4v) is 4.78. The molecule has 3 fully saturated rings. The first kappa shape index (κ1) is 18.4. The van der Waals surface area contributed by atoms with Crippen LogP contribution in [0.25, 0.3) is 0 Å². The average molecular weight is 363 g/mol. The second kappa shape index (κ2) is 7.93. The molecule has 1 unspecified atom stereocenters. The van der Waals surface area contributed by atoms with Crippen LogP contribution in [-0.2, 0) is 19.6 Å². The van der Waals surface area contributed by atoms with Crippen molar-refractivity contribution in [2.24, 2.45) is 0 Å². The molecule has 1 aromatic carbocycles. The Morgan fingerprint density at radius 3 is 2.46 bits per heavy atom. The third kappa shape index (κ3) is 3.96. The Hall–Kier alpha value is -1.01. The summed E-state index contributed by atoms with van der Waals surface area (Å²) in [6, 6.07) is 7.58. The molecule has 1 atom stereocenters. The third-order valence-electron chi connectivity index (χ3n) is 6.51. The topological polar surface area (TPSA) is 39.7 Å². The van der Waals surface area contributed by atoms with E-state index in [1.54, 1.807) is 6.07 Å². The van der Waals surface area contributed by atoms with E-state index in [0.29, 0.717) is 6.04 Å². The highest BCUT2D eigenvalue weighted by Gasteiger charge is 2.40. The van der Waals surface area contributed by atoms with E-state index < -0.39 is 0 Å². The monoisotopic (exact) mass is 363 g/mol. The first-order valence-corrected chi connectivity index (χ1v) is 9.99. The summed E-state index contributed by atoms with van der Waals surface area (Å²) in [6.07, 6.45) is 5.95. The molecule has 5 heteroatoms. The van der Waals surface area contributed by atoms with E-state index in [0.717, 1.165) is 83.7 Å². The lowest BCUT2D eigenvalue weighted by atomic mass is 9.73. The number of rotatable bonds is 4. The van der Waals surface area contributed by atoms with Crippen LogP contribution in [0.3, 0.4) is 0 Å². The third-order valence-corrected chi connectivity index (χ3v) is 6.51. The molecule has 0 saturated carbocycles. The maximum absolute atomic E-state index is 13.8. The summed E-state index contributed by atoms with van der Waals surface area (Å²) in [5.74, 6) is -0.152. The smallest absolute Gasteiger partial charge is 0.123 e. The minimum absolute atomic E-state index is 0.00411. The molecule has 0 aliphatic carbocycles. The van der Waals surface area contributed by atoms with Gasteiger partial charge in [-0.15, -0.1) is 0 Å². The van der Waals surface area contributed by atoms with Gasteiger partial charge in [-0.25, -0.2) is 4.39 Å². The maximum atomic E-state index is 13.8. The van der Waals surface area contributed by atoms with Gasteiger partial charge in [-0.1, -0.05) is 12.1 Å². The second-order valence-electron chi connectivity index (χ2n) is 8.12. The highest BCUT2D eigenvalue weighted by molar-refractivity contribution is 5.27. The van der Waals surface area contributed by atoms with Gasteiger partial charge in [0.1, 0.15) is 5.82 Å². The molecule has 3 aliphatic rings. The second-order valence-corrected chi connectivity index (χ2v) is 8.12. The summed E-state index contributed by atoms with van der Waals surface area (Å²) in [7, 11) is 0. The molecule has 1 spiro atoms. The van der Waals surface area contributed by atoms with Crippen LogP contribution >= 0.6 is 0 Å². The van der Waals surface area contributed by atoms with E-state index in [9.17, 15) is 4.39 Å². The van der Waals surface area contributed by atoms with Crippen LogP contribution in [0.15, 0.2) is 24.3 Å². The van der Waals surface area contributed by atoms with Crippen LogP contribution in [-0.4, -0.2) is 51.2 Å². The van der Waals surface area contributed by atoms with Gasteiger partial charge in [-0.05, 0) is 56.2 Å². The van der Waals surface area contributed by atoms with Gasteiger partial charge in [0.2, 0.25) is 0 Å². The van der Waals surface area contributed by atoms with Crippen molar-refractivity contribution in [2.45, 2.75) is 55.6 Å². The van der Waals surface area contributed by atoms with Crippen LogP contribution in [0.5, 0.6) is 0 Å². The lowest BCUT2D eigenvalue weighted by Gasteiger charge is -2.45. The van der Waals surface area contributed by atoms with E-state index >= 15 is 0 Å². The van der Waals surface area contributed by atoms with Gasteiger partial charge in [-0.2, -0.15) is 0 Å². The lowest BCUT2D eigenvalue weighted by molar-refractivity contribution is -0.140. The van der Waals surface area contributed by atoms with Gasteiger partial charge in [0.05, 0.1) is 5.60 Å². The van der Waals surface area contributed by atoms with E-state index in [2.05, 4.69) is 11.4 Å². The summed E-state index contributed by atoms with van der Waals surface area (Å²) in [5, 5.41) is 3.82. The van der Waals surface area contributed by atoms with Crippen LogP contribution < -0.4 is 5.32 Å². The first-order valence-electron chi connectivity index (χ1n) is 9.99. The normalized spacial score (nSPS) is 28.1. The van der Waals surface area contributed by atoms with Crippen LogP contribution in [0.4, 0.5) is 4.39 Å². The van der Waals surface area contributed by atoms with Crippen molar-refractivity contribution in [3.05, 3.63) is 35.6 Å². The molecule has 4 rings (SSSR count). The molecule has 1 N–H and O–H groups in total. The summed E-state index contributed by atoms with van der Waals surface area (Å²) in [5.41, 5.74) is 1.05. The van der Waals surface area contributed by atoms with Gasteiger partial charge >= 0.3 is 0 Å². The van der Waals surface area contributed by atoms with Gasteiger partial charge in [-0.3, -0.25) is 0 Å². The molecular weight excluding hydrogens is 333 g/mol. The van der Waals surface area contributed by atoms with Crippen molar-refractivity contribution in [3.8, 4) is 0 Å². The summed E-state index contributed by atoms with van der Waals surface area (Å²) in [4.78, 5) is 0. The summed E-state index contributed by atoms with van der Waals surface area (Å²) in [6.45, 7) is 4.78. The van der Waals surface area contributed by atoms with Crippen molar-refractivity contribution in [1.82, 2.24) is 5.32 Å². The van der Waals surface area contributed by atoms with Crippen molar-refractivity contribution in [1.29, 1.82) is 0 Å². The van der Waals surface area contributed by atoms with E-state index in [4.69, 9.17) is 14.2 Å². The van der Waals surface area contributed by atoms with Crippen molar-refractivity contribution >= 4 is 0 Å². The van der Waals surface area contributed by atoms with E-state index in [-0.39, 0.29) is 16.8 Å². The molecule has 0 aromatic heterocycles. The van der Waals surface area contributed by atoms with Gasteiger partial charge < -0.3 is 19.5 Å². The van der Waals surface area contributed by atoms with Crippen molar-refractivity contribution in [2.75, 3.05) is 39.6 Å². The molecule has 1 aromatic rings. The Kier molecular flexibility index (Phi) is 5.60. The Morgan fingerprint density at radius 2 is 1.73 bits per heavy atom. The summed E-state index contributed by atoms with van der Waals surface area (Å²) < 4.78 is 31.1. The highest BCUT2D eigenvalue weighted by atomic mass is 19.1. The predicted octanol–water partition coefficient (Wildman–Crippen LogP) is 3.19. The first-order chi connectivity index (χ1) is 12.7. The lowest BCUT2D eigenvalue weighted by Crippen LogP contribution is -2.52. The van der Waals surface area contributed by atoms with Gasteiger partial charge in [0.15, 0.2) is 0 Å². The average Bonchev–Trinajstić information content (AvgIpc) is 2.68. The number of hydrogen-bond donors (Lipinski definition) is 1. The van der Waals surface area contributed by atoms with E-state index in [1.807, 2.05) is 6.07 Å². The quantitative estimate of drug-likeness (QED) is 0.892. The minimum atomic E-state index is -0.152. The molecule has 3 saturated heterocycles. The molecule has 144 valence electrons. The number of ether oxygens (including phenoxy) is 3. The zero-order valence-electron chi connectivity index (χ0n) is 15.5. The fraction of sp³-hybridized carbons (Fsp3) is 0.714. The Balaban J connectivity index is 1.45. The molecule has 3 heterocycles. The molecule has 0 radical (unpaired) electrons.